The van der Waals surface area contributed by atoms with Gasteiger partial charge in [0.25, 0.3) is 0 Å². The fourth-order valence-electron chi connectivity index (χ4n) is 4.92. The highest BCUT2D eigenvalue weighted by Crippen LogP contribution is 2.53. The van der Waals surface area contributed by atoms with E-state index in [1.807, 2.05) is 26.0 Å². The van der Waals surface area contributed by atoms with Crippen molar-refractivity contribution in [1.29, 1.82) is 0 Å². The average molecular weight is 387 g/mol. The Morgan fingerprint density at radius 2 is 1.62 bits per heavy atom. The van der Waals surface area contributed by atoms with Crippen molar-refractivity contribution in [3.05, 3.63) is 71.3 Å². The topological polar surface area (TPSA) is 63.7 Å². The van der Waals surface area contributed by atoms with Crippen molar-refractivity contribution in [2.45, 2.75) is 20.3 Å². The first-order valence-electron chi connectivity index (χ1n) is 9.90. The largest absolute Gasteiger partial charge is 0.423 e. The molecule has 2 aliphatic carbocycles. The summed E-state index contributed by atoms with van der Waals surface area (Å²) in [7, 11) is 0. The number of aryl methyl sites for hydroxylation is 1. The molecular formula is C24H21NO4. The maximum atomic E-state index is 13.0. The van der Waals surface area contributed by atoms with Crippen LogP contribution in [-0.2, 0) is 9.59 Å². The predicted octanol–water partition coefficient (Wildman–Crippen LogP) is 3.83. The smallest absolute Gasteiger partial charge is 0.343 e. The van der Waals surface area contributed by atoms with Crippen LogP contribution < -0.4 is 9.64 Å². The number of benzene rings is 2. The molecule has 146 valence electrons. The van der Waals surface area contributed by atoms with E-state index in [1.165, 1.54) is 4.90 Å². The second kappa shape index (κ2) is 6.41. The van der Waals surface area contributed by atoms with Crippen LogP contribution in [0.15, 0.2) is 54.6 Å². The molecule has 1 aliphatic heterocycles. The molecule has 2 fully saturated rings. The Morgan fingerprint density at radius 1 is 0.966 bits per heavy atom. The Balaban J connectivity index is 1.42. The first-order valence-corrected chi connectivity index (χ1v) is 9.90. The minimum atomic E-state index is -0.512. The maximum absolute atomic E-state index is 13.0. The molecule has 0 spiro atoms. The molecule has 0 N–H and O–H groups in total. The van der Waals surface area contributed by atoms with Crippen molar-refractivity contribution in [2.75, 3.05) is 4.90 Å². The van der Waals surface area contributed by atoms with Crippen LogP contribution in [0.1, 0.15) is 27.9 Å². The van der Waals surface area contributed by atoms with Gasteiger partial charge in [0.1, 0.15) is 5.75 Å². The normalized spacial score (nSPS) is 26.9. The quantitative estimate of drug-likeness (QED) is 0.347. The van der Waals surface area contributed by atoms with Crippen LogP contribution in [0.4, 0.5) is 5.69 Å². The second-order valence-electron chi connectivity index (χ2n) is 8.15. The summed E-state index contributed by atoms with van der Waals surface area (Å²) >= 11 is 0. The molecule has 1 saturated carbocycles. The highest BCUT2D eigenvalue weighted by Gasteiger charge is 2.59. The number of ether oxygens (including phenoxy) is 1. The van der Waals surface area contributed by atoms with Crippen LogP contribution in [0, 0.1) is 37.5 Å². The zero-order valence-corrected chi connectivity index (χ0v) is 16.3. The van der Waals surface area contributed by atoms with E-state index in [0.717, 1.165) is 17.5 Å². The summed E-state index contributed by atoms with van der Waals surface area (Å²) in [5.41, 5.74) is 2.68. The van der Waals surface area contributed by atoms with Crippen LogP contribution >= 0.6 is 0 Å². The number of nitrogens with zero attached hydrogens (tertiary/aromatic N) is 1. The number of imide groups is 1. The van der Waals surface area contributed by atoms with Gasteiger partial charge in [0.2, 0.25) is 11.8 Å². The van der Waals surface area contributed by atoms with E-state index in [9.17, 15) is 14.4 Å². The average Bonchev–Trinajstić information content (AvgIpc) is 3.39. The lowest BCUT2D eigenvalue weighted by Crippen LogP contribution is -2.33. The first kappa shape index (κ1) is 17.9. The monoisotopic (exact) mass is 387 g/mol. The molecule has 0 aromatic heterocycles. The van der Waals surface area contributed by atoms with Gasteiger partial charge >= 0.3 is 5.97 Å². The number of hydrogen-bond acceptors (Lipinski definition) is 4. The van der Waals surface area contributed by atoms with E-state index < -0.39 is 5.97 Å². The van der Waals surface area contributed by atoms with E-state index in [2.05, 4.69) is 12.2 Å². The zero-order valence-electron chi connectivity index (χ0n) is 16.3. The van der Waals surface area contributed by atoms with E-state index in [-0.39, 0.29) is 35.5 Å². The van der Waals surface area contributed by atoms with Crippen molar-refractivity contribution < 1.29 is 19.1 Å². The number of carbonyl (C=O) groups excluding carboxylic acids is 3. The zero-order chi connectivity index (χ0) is 20.3. The molecule has 4 unspecified atom stereocenters. The van der Waals surface area contributed by atoms with Gasteiger partial charge in [-0.05, 0) is 67.5 Å². The van der Waals surface area contributed by atoms with Gasteiger partial charge in [0.15, 0.2) is 0 Å². The summed E-state index contributed by atoms with van der Waals surface area (Å²) in [6, 6.07) is 12.1. The van der Waals surface area contributed by atoms with Crippen molar-refractivity contribution in [3.63, 3.8) is 0 Å². The Hall–Kier alpha value is -3.21. The van der Waals surface area contributed by atoms with Gasteiger partial charge in [-0.25, -0.2) is 9.69 Å². The van der Waals surface area contributed by atoms with Crippen LogP contribution in [0.2, 0.25) is 0 Å². The molecule has 5 heteroatoms. The van der Waals surface area contributed by atoms with Crippen molar-refractivity contribution in [2.24, 2.45) is 23.7 Å². The molecule has 5 nitrogen and oxygen atoms in total. The molecule has 2 bridgehead atoms. The highest BCUT2D eigenvalue weighted by atomic mass is 16.5. The van der Waals surface area contributed by atoms with Gasteiger partial charge in [-0.15, -0.1) is 0 Å². The van der Waals surface area contributed by atoms with E-state index in [0.29, 0.717) is 17.0 Å². The molecule has 2 amide bonds. The minimum absolute atomic E-state index is 0.156. The van der Waals surface area contributed by atoms with Crippen LogP contribution in [0.25, 0.3) is 0 Å². The van der Waals surface area contributed by atoms with Gasteiger partial charge in [-0.1, -0.05) is 30.4 Å². The van der Waals surface area contributed by atoms with E-state index >= 15 is 0 Å². The number of allylic oxidation sites excluding steroid dienone is 2. The fraction of sp³-hybridized carbons (Fsp3) is 0.292. The highest BCUT2D eigenvalue weighted by molar-refractivity contribution is 6.23. The number of carbonyl (C=O) groups is 3. The van der Waals surface area contributed by atoms with Crippen molar-refractivity contribution >= 4 is 23.5 Å². The lowest BCUT2D eigenvalue weighted by molar-refractivity contribution is -0.123. The molecule has 29 heavy (non-hydrogen) atoms. The van der Waals surface area contributed by atoms with Crippen molar-refractivity contribution in [3.8, 4) is 5.75 Å². The molecule has 1 saturated heterocycles. The molecular weight excluding hydrogens is 366 g/mol. The lowest BCUT2D eigenvalue weighted by Gasteiger charge is -2.18. The number of esters is 1. The number of rotatable bonds is 3. The fourth-order valence-corrected chi connectivity index (χ4v) is 4.92. The first-order chi connectivity index (χ1) is 14.0. The third-order valence-corrected chi connectivity index (χ3v) is 6.57. The van der Waals surface area contributed by atoms with Crippen LogP contribution in [0.3, 0.4) is 0 Å². The SMILES string of the molecule is Cc1cccc(OC(=O)c2cccc(N3C(=O)C4C5C=CC(C5)C4C3=O)c2)c1C. The number of hydrogen-bond donors (Lipinski definition) is 0. The van der Waals surface area contributed by atoms with E-state index in [1.54, 1.807) is 30.3 Å². The number of amides is 2. The van der Waals surface area contributed by atoms with Crippen LogP contribution in [0.5, 0.6) is 5.75 Å². The van der Waals surface area contributed by atoms with Gasteiger partial charge in [0.05, 0.1) is 23.1 Å². The molecule has 1 heterocycles. The standard InChI is InChI=1S/C24H21NO4/c1-13-5-3-8-19(14(13)2)29-24(28)17-6-4-7-18(12-17)25-22(26)20-15-9-10-16(11-15)21(20)23(25)27/h3-10,12,15-16,20-21H,11H2,1-2H3. The molecule has 3 aliphatic rings. The van der Waals surface area contributed by atoms with Crippen LogP contribution in [-0.4, -0.2) is 17.8 Å². The lowest BCUT2D eigenvalue weighted by atomic mass is 9.85. The molecule has 0 radical (unpaired) electrons. The summed E-state index contributed by atoms with van der Waals surface area (Å²) in [5, 5.41) is 0. The Bertz CT molecular complexity index is 1060. The summed E-state index contributed by atoms with van der Waals surface area (Å²) in [5.74, 6) is -0.528. The van der Waals surface area contributed by atoms with Gasteiger partial charge in [0, 0.05) is 0 Å². The molecule has 2 aromatic carbocycles. The second-order valence-corrected chi connectivity index (χ2v) is 8.15. The van der Waals surface area contributed by atoms with Gasteiger partial charge < -0.3 is 4.74 Å². The molecule has 4 atom stereocenters. The Kier molecular flexibility index (Phi) is 3.95. The minimum Gasteiger partial charge on any atom is -0.423 e. The number of fused-ring (bicyclic) bond motifs is 5. The van der Waals surface area contributed by atoms with Gasteiger partial charge in [-0.3, -0.25) is 9.59 Å². The summed E-state index contributed by atoms with van der Waals surface area (Å²) < 4.78 is 5.56. The van der Waals surface area contributed by atoms with Crippen molar-refractivity contribution in [1.82, 2.24) is 0 Å². The Morgan fingerprint density at radius 3 is 2.31 bits per heavy atom. The van der Waals surface area contributed by atoms with Gasteiger partial charge in [-0.2, -0.15) is 0 Å². The Labute approximate surface area is 169 Å². The summed E-state index contributed by atoms with van der Waals surface area (Å²) in [6.45, 7) is 3.85. The third-order valence-electron chi connectivity index (χ3n) is 6.57. The van der Waals surface area contributed by atoms with E-state index in [4.69, 9.17) is 4.74 Å². The maximum Gasteiger partial charge on any atom is 0.343 e. The third kappa shape index (κ3) is 2.64. The predicted molar refractivity (Wildman–Crippen MR) is 108 cm³/mol. The molecule has 5 rings (SSSR count). The molecule has 2 aromatic rings. The summed E-state index contributed by atoms with van der Waals surface area (Å²) in [6.07, 6.45) is 5.03. The number of anilines is 1. The summed E-state index contributed by atoms with van der Waals surface area (Å²) in [4.78, 5) is 40.0.